The summed E-state index contributed by atoms with van der Waals surface area (Å²) in [5.41, 5.74) is 0. The highest BCUT2D eigenvalue weighted by Gasteiger charge is 2.38. The van der Waals surface area contributed by atoms with E-state index >= 15 is 0 Å². The number of amides is 1. The first-order valence-electron chi connectivity index (χ1n) is 6.06. The van der Waals surface area contributed by atoms with Crippen LogP contribution in [0.15, 0.2) is 0 Å². The molecule has 98 valence electrons. The molecule has 2 unspecified atom stereocenters. The molecule has 0 aromatic carbocycles. The van der Waals surface area contributed by atoms with Gasteiger partial charge in [0.05, 0.1) is 0 Å². The highest BCUT2D eigenvalue weighted by atomic mass is 32.2. The zero-order valence-electron chi connectivity index (χ0n) is 10.3. The molecule has 0 aromatic rings. The van der Waals surface area contributed by atoms with Crippen molar-refractivity contribution in [2.75, 3.05) is 25.1 Å². The molecule has 2 aliphatic rings. The second-order valence-electron chi connectivity index (χ2n) is 5.41. The number of sulfone groups is 1. The Morgan fingerprint density at radius 2 is 2.00 bits per heavy atom. The van der Waals surface area contributed by atoms with Gasteiger partial charge in [-0.2, -0.15) is 0 Å². The highest BCUT2D eigenvalue weighted by molar-refractivity contribution is 7.91. The molecule has 1 heterocycles. The molecule has 0 bridgehead atoms. The van der Waals surface area contributed by atoms with Crippen molar-refractivity contribution in [1.29, 1.82) is 0 Å². The third kappa shape index (κ3) is 3.67. The van der Waals surface area contributed by atoms with Crippen LogP contribution in [0.25, 0.3) is 0 Å². The maximum Gasteiger partial charge on any atom is 0.235 e. The first-order valence-corrected chi connectivity index (χ1v) is 8.12. The van der Waals surface area contributed by atoms with Gasteiger partial charge in [0.1, 0.15) is 5.75 Å². The summed E-state index contributed by atoms with van der Waals surface area (Å²) in [4.78, 5) is 13.9. The lowest BCUT2D eigenvalue weighted by Gasteiger charge is -2.16. The van der Waals surface area contributed by atoms with Crippen molar-refractivity contribution in [3.63, 3.8) is 0 Å². The number of likely N-dealkylation sites (tertiary alicyclic amines) is 1. The van der Waals surface area contributed by atoms with Crippen molar-refractivity contribution in [3.05, 3.63) is 0 Å². The van der Waals surface area contributed by atoms with Crippen molar-refractivity contribution in [2.45, 2.75) is 31.8 Å². The minimum absolute atomic E-state index is 0.102. The molecule has 1 saturated heterocycles. The smallest absolute Gasteiger partial charge is 0.235 e. The van der Waals surface area contributed by atoms with E-state index < -0.39 is 15.6 Å². The Labute approximate surface area is 102 Å². The molecule has 1 amide bonds. The third-order valence-electron chi connectivity index (χ3n) is 3.44. The Kier molecular flexibility index (Phi) is 3.45. The van der Waals surface area contributed by atoms with Crippen molar-refractivity contribution in [3.8, 4) is 0 Å². The quantitative estimate of drug-likeness (QED) is 0.749. The van der Waals surface area contributed by atoms with Crippen LogP contribution >= 0.6 is 0 Å². The lowest BCUT2D eigenvalue weighted by Crippen LogP contribution is -2.42. The van der Waals surface area contributed by atoms with Crippen LogP contribution in [0.1, 0.15) is 19.8 Å². The standard InChI is InChI=1S/C11H20N2O3S/c1-8-5-13(9-3-4-9)6-10(8)12-11(14)7-17(2,15)16/h8-10H,3-7H2,1-2H3,(H,12,14). The van der Waals surface area contributed by atoms with Gasteiger partial charge in [0.25, 0.3) is 0 Å². The van der Waals surface area contributed by atoms with Crippen LogP contribution in [0.3, 0.4) is 0 Å². The average molecular weight is 260 g/mol. The van der Waals surface area contributed by atoms with Gasteiger partial charge in [-0.3, -0.25) is 9.69 Å². The molecule has 0 aromatic heterocycles. The van der Waals surface area contributed by atoms with Crippen LogP contribution in [0.5, 0.6) is 0 Å². The van der Waals surface area contributed by atoms with Gasteiger partial charge in [0.2, 0.25) is 5.91 Å². The van der Waals surface area contributed by atoms with Crippen LogP contribution in [-0.4, -0.2) is 56.4 Å². The van der Waals surface area contributed by atoms with Crippen LogP contribution in [0, 0.1) is 5.92 Å². The minimum Gasteiger partial charge on any atom is -0.351 e. The molecular formula is C11H20N2O3S. The summed E-state index contributed by atoms with van der Waals surface area (Å²) in [6.07, 6.45) is 3.61. The maximum absolute atomic E-state index is 11.5. The SMILES string of the molecule is CC1CN(C2CC2)CC1NC(=O)CS(C)(=O)=O. The fourth-order valence-corrected chi connectivity index (χ4v) is 2.98. The van der Waals surface area contributed by atoms with Crippen molar-refractivity contribution < 1.29 is 13.2 Å². The Hall–Kier alpha value is -0.620. The largest absolute Gasteiger partial charge is 0.351 e. The van der Waals surface area contributed by atoms with Crippen LogP contribution < -0.4 is 5.32 Å². The number of nitrogens with zero attached hydrogens (tertiary/aromatic N) is 1. The van der Waals surface area contributed by atoms with E-state index in [4.69, 9.17) is 0 Å². The summed E-state index contributed by atoms with van der Waals surface area (Å²) >= 11 is 0. The summed E-state index contributed by atoms with van der Waals surface area (Å²) in [7, 11) is -3.23. The lowest BCUT2D eigenvalue weighted by atomic mass is 10.1. The fourth-order valence-electron chi connectivity index (χ4n) is 2.42. The maximum atomic E-state index is 11.5. The predicted molar refractivity (Wildman–Crippen MR) is 65.4 cm³/mol. The van der Waals surface area contributed by atoms with E-state index in [-0.39, 0.29) is 11.9 Å². The Bertz CT molecular complexity index is 403. The third-order valence-corrected chi connectivity index (χ3v) is 4.23. The van der Waals surface area contributed by atoms with Gasteiger partial charge >= 0.3 is 0 Å². The molecule has 2 rings (SSSR count). The molecule has 1 saturated carbocycles. The van der Waals surface area contributed by atoms with Crippen LogP contribution in [-0.2, 0) is 14.6 Å². The summed E-state index contributed by atoms with van der Waals surface area (Å²) in [5, 5.41) is 2.84. The molecule has 2 atom stereocenters. The number of nitrogens with one attached hydrogen (secondary N) is 1. The van der Waals surface area contributed by atoms with Gasteiger partial charge in [0.15, 0.2) is 9.84 Å². The van der Waals surface area contributed by atoms with E-state index in [2.05, 4.69) is 17.1 Å². The van der Waals surface area contributed by atoms with Gasteiger partial charge in [-0.15, -0.1) is 0 Å². The molecule has 17 heavy (non-hydrogen) atoms. The zero-order valence-corrected chi connectivity index (χ0v) is 11.2. The van der Waals surface area contributed by atoms with Gasteiger partial charge < -0.3 is 5.32 Å². The second-order valence-corrected chi connectivity index (χ2v) is 7.55. The van der Waals surface area contributed by atoms with Gasteiger partial charge in [-0.05, 0) is 18.8 Å². The van der Waals surface area contributed by atoms with Gasteiger partial charge in [-0.25, -0.2) is 8.42 Å². The number of carbonyl (C=O) groups excluding carboxylic acids is 1. The molecule has 6 heteroatoms. The molecular weight excluding hydrogens is 240 g/mol. The van der Waals surface area contributed by atoms with Gasteiger partial charge in [-0.1, -0.05) is 6.92 Å². The molecule has 0 radical (unpaired) electrons. The lowest BCUT2D eigenvalue weighted by molar-refractivity contribution is -0.119. The Morgan fingerprint density at radius 1 is 1.35 bits per heavy atom. The molecule has 1 aliphatic carbocycles. The number of rotatable bonds is 4. The number of hydrogen-bond acceptors (Lipinski definition) is 4. The predicted octanol–water partition coefficient (Wildman–Crippen LogP) is -0.370. The Morgan fingerprint density at radius 3 is 2.53 bits per heavy atom. The normalized spacial score (nSPS) is 30.5. The highest BCUT2D eigenvalue weighted by Crippen LogP contribution is 2.31. The molecule has 5 nitrogen and oxygen atoms in total. The number of hydrogen-bond donors (Lipinski definition) is 1. The minimum atomic E-state index is -3.23. The van der Waals surface area contributed by atoms with E-state index in [0.29, 0.717) is 12.0 Å². The van der Waals surface area contributed by atoms with Crippen molar-refractivity contribution in [1.82, 2.24) is 10.2 Å². The average Bonchev–Trinajstić information content (AvgIpc) is 2.91. The second kappa shape index (κ2) is 4.57. The summed E-state index contributed by atoms with van der Waals surface area (Å²) < 4.78 is 22.0. The monoisotopic (exact) mass is 260 g/mol. The molecule has 2 fully saturated rings. The van der Waals surface area contributed by atoms with E-state index in [1.165, 1.54) is 12.8 Å². The Balaban J connectivity index is 1.84. The summed E-state index contributed by atoms with van der Waals surface area (Å²) in [5.74, 6) is -0.374. The topological polar surface area (TPSA) is 66.5 Å². The zero-order chi connectivity index (χ0) is 12.6. The van der Waals surface area contributed by atoms with Crippen LogP contribution in [0.2, 0.25) is 0 Å². The van der Waals surface area contributed by atoms with E-state index in [9.17, 15) is 13.2 Å². The van der Waals surface area contributed by atoms with Crippen molar-refractivity contribution in [2.24, 2.45) is 5.92 Å². The summed E-state index contributed by atoms with van der Waals surface area (Å²) in [6, 6.07) is 0.805. The first-order chi connectivity index (χ1) is 7.85. The molecule has 1 N–H and O–H groups in total. The van der Waals surface area contributed by atoms with Crippen molar-refractivity contribution >= 4 is 15.7 Å². The van der Waals surface area contributed by atoms with E-state index in [1.54, 1.807) is 0 Å². The summed E-state index contributed by atoms with van der Waals surface area (Å²) in [6.45, 7) is 3.98. The van der Waals surface area contributed by atoms with E-state index in [1.807, 2.05) is 0 Å². The molecule has 1 aliphatic heterocycles. The van der Waals surface area contributed by atoms with Gasteiger partial charge in [0, 0.05) is 31.4 Å². The first kappa shape index (κ1) is 12.8. The molecule has 0 spiro atoms. The number of carbonyl (C=O) groups is 1. The fraction of sp³-hybridized carbons (Fsp3) is 0.909. The van der Waals surface area contributed by atoms with Crippen LogP contribution in [0.4, 0.5) is 0 Å². The van der Waals surface area contributed by atoms with E-state index in [0.717, 1.165) is 19.3 Å².